The van der Waals surface area contributed by atoms with Crippen LogP contribution in [0.25, 0.3) is 11.4 Å². The number of hydrogen-bond donors (Lipinski definition) is 1. The molecule has 0 bridgehead atoms. The molecule has 0 spiro atoms. The van der Waals surface area contributed by atoms with Crippen molar-refractivity contribution in [3.8, 4) is 17.1 Å². The number of hydrogen-bond acceptors (Lipinski definition) is 5. The van der Waals surface area contributed by atoms with Crippen molar-refractivity contribution >= 4 is 11.6 Å². The zero-order chi connectivity index (χ0) is 13.8. The summed E-state index contributed by atoms with van der Waals surface area (Å²) in [5, 5.41) is 4.53. The maximum Gasteiger partial charge on any atom is 0.243 e. The lowest BCUT2D eigenvalue weighted by Gasteiger charge is -2.05. The molecule has 1 aromatic carbocycles. The number of rotatable bonds is 5. The van der Waals surface area contributed by atoms with Gasteiger partial charge in [0.05, 0.1) is 18.7 Å². The van der Waals surface area contributed by atoms with Crippen molar-refractivity contribution < 1.29 is 9.26 Å². The molecule has 0 saturated carbocycles. The average Bonchev–Trinajstić information content (AvgIpc) is 2.88. The van der Waals surface area contributed by atoms with Crippen LogP contribution in [0.4, 0.5) is 0 Å². The standard InChI is InChI=1S/C13H16ClN3O2/c1-3-4-10(15)13-16-12(17-19-13)9-6-5-8(14)7-11(9)18-2/h5-7,10H,3-4,15H2,1-2H3/t10-/m0/s1. The van der Waals surface area contributed by atoms with Crippen molar-refractivity contribution in [3.63, 3.8) is 0 Å². The summed E-state index contributed by atoms with van der Waals surface area (Å²) in [6.45, 7) is 2.05. The Balaban J connectivity index is 2.32. The van der Waals surface area contributed by atoms with Gasteiger partial charge >= 0.3 is 0 Å². The number of nitrogens with zero attached hydrogens (tertiary/aromatic N) is 2. The molecule has 0 saturated heterocycles. The van der Waals surface area contributed by atoms with Crippen LogP contribution in [-0.2, 0) is 0 Å². The highest BCUT2D eigenvalue weighted by Crippen LogP contribution is 2.31. The van der Waals surface area contributed by atoms with E-state index < -0.39 is 0 Å². The van der Waals surface area contributed by atoms with Crippen LogP contribution in [-0.4, -0.2) is 17.3 Å². The van der Waals surface area contributed by atoms with Gasteiger partial charge in [0, 0.05) is 5.02 Å². The Hall–Kier alpha value is -1.59. The van der Waals surface area contributed by atoms with E-state index in [4.69, 9.17) is 26.6 Å². The molecular formula is C13H16ClN3O2. The maximum absolute atomic E-state index is 5.94. The van der Waals surface area contributed by atoms with Gasteiger partial charge in [0.2, 0.25) is 11.7 Å². The van der Waals surface area contributed by atoms with Gasteiger partial charge in [-0.3, -0.25) is 0 Å². The van der Waals surface area contributed by atoms with Gasteiger partial charge in [-0.15, -0.1) is 0 Å². The van der Waals surface area contributed by atoms with Crippen LogP contribution in [0.3, 0.4) is 0 Å². The Labute approximate surface area is 116 Å². The zero-order valence-corrected chi connectivity index (χ0v) is 11.6. The third-order valence-corrected chi connectivity index (χ3v) is 3.00. The van der Waals surface area contributed by atoms with Gasteiger partial charge in [0.1, 0.15) is 5.75 Å². The molecule has 0 aliphatic rings. The first kappa shape index (κ1) is 13.8. The van der Waals surface area contributed by atoms with Crippen molar-refractivity contribution in [1.82, 2.24) is 10.1 Å². The topological polar surface area (TPSA) is 74.2 Å². The molecule has 1 heterocycles. The molecule has 5 nitrogen and oxygen atoms in total. The second kappa shape index (κ2) is 6.04. The van der Waals surface area contributed by atoms with E-state index in [2.05, 4.69) is 17.1 Å². The van der Waals surface area contributed by atoms with Gasteiger partial charge in [-0.2, -0.15) is 4.98 Å². The van der Waals surface area contributed by atoms with Gasteiger partial charge in [0.15, 0.2) is 0 Å². The zero-order valence-electron chi connectivity index (χ0n) is 10.9. The summed E-state index contributed by atoms with van der Waals surface area (Å²) in [4.78, 5) is 4.31. The Bertz CT molecular complexity index is 557. The average molecular weight is 282 g/mol. The van der Waals surface area contributed by atoms with E-state index >= 15 is 0 Å². The fourth-order valence-corrected chi connectivity index (χ4v) is 1.94. The molecule has 0 amide bonds. The fraction of sp³-hybridized carbons (Fsp3) is 0.385. The Morgan fingerprint density at radius 2 is 2.26 bits per heavy atom. The summed E-state index contributed by atoms with van der Waals surface area (Å²) in [6.07, 6.45) is 1.77. The number of benzene rings is 1. The predicted molar refractivity (Wildman–Crippen MR) is 73.1 cm³/mol. The monoisotopic (exact) mass is 281 g/mol. The van der Waals surface area contributed by atoms with E-state index in [1.165, 1.54) is 0 Å². The van der Waals surface area contributed by atoms with Crippen molar-refractivity contribution in [2.75, 3.05) is 7.11 Å². The molecule has 1 aromatic heterocycles. The lowest BCUT2D eigenvalue weighted by Crippen LogP contribution is -2.09. The lowest BCUT2D eigenvalue weighted by molar-refractivity contribution is 0.348. The van der Waals surface area contributed by atoms with Crippen LogP contribution in [0.2, 0.25) is 5.02 Å². The summed E-state index contributed by atoms with van der Waals surface area (Å²) < 4.78 is 10.4. The number of methoxy groups -OCH3 is 1. The van der Waals surface area contributed by atoms with Gasteiger partial charge in [-0.1, -0.05) is 30.1 Å². The highest BCUT2D eigenvalue weighted by atomic mass is 35.5. The molecule has 0 fully saturated rings. The van der Waals surface area contributed by atoms with Crippen molar-refractivity contribution in [3.05, 3.63) is 29.1 Å². The molecule has 102 valence electrons. The quantitative estimate of drug-likeness (QED) is 0.911. The summed E-state index contributed by atoms with van der Waals surface area (Å²) in [5.41, 5.74) is 6.67. The summed E-state index contributed by atoms with van der Waals surface area (Å²) in [5.74, 6) is 1.49. The minimum absolute atomic E-state index is 0.232. The molecule has 19 heavy (non-hydrogen) atoms. The van der Waals surface area contributed by atoms with Crippen molar-refractivity contribution in [2.24, 2.45) is 5.73 Å². The van der Waals surface area contributed by atoms with E-state index in [0.717, 1.165) is 18.4 Å². The third-order valence-electron chi connectivity index (χ3n) is 2.76. The first-order chi connectivity index (χ1) is 9.15. The summed E-state index contributed by atoms with van der Waals surface area (Å²) in [6, 6.07) is 5.02. The molecule has 6 heteroatoms. The molecule has 0 aliphatic carbocycles. The first-order valence-electron chi connectivity index (χ1n) is 6.08. The molecular weight excluding hydrogens is 266 g/mol. The molecule has 1 atom stereocenters. The van der Waals surface area contributed by atoms with E-state index in [9.17, 15) is 0 Å². The normalized spacial score (nSPS) is 12.4. The Morgan fingerprint density at radius 3 is 2.95 bits per heavy atom. The van der Waals surface area contributed by atoms with Crippen LogP contribution >= 0.6 is 11.6 Å². The van der Waals surface area contributed by atoms with Crippen molar-refractivity contribution in [1.29, 1.82) is 0 Å². The third kappa shape index (κ3) is 3.05. The van der Waals surface area contributed by atoms with Crippen LogP contribution in [0.15, 0.2) is 22.7 Å². The van der Waals surface area contributed by atoms with Gasteiger partial charge in [-0.05, 0) is 24.6 Å². The molecule has 0 aliphatic heterocycles. The van der Waals surface area contributed by atoms with Gasteiger partial charge in [-0.25, -0.2) is 0 Å². The minimum Gasteiger partial charge on any atom is -0.496 e. The molecule has 2 N–H and O–H groups in total. The smallest absolute Gasteiger partial charge is 0.243 e. The highest BCUT2D eigenvalue weighted by molar-refractivity contribution is 6.30. The number of nitrogens with two attached hydrogens (primary N) is 1. The number of aromatic nitrogens is 2. The molecule has 2 aromatic rings. The van der Waals surface area contributed by atoms with Crippen molar-refractivity contribution in [2.45, 2.75) is 25.8 Å². The van der Waals surface area contributed by atoms with Gasteiger partial charge < -0.3 is 15.0 Å². The predicted octanol–water partition coefficient (Wildman–Crippen LogP) is 3.20. The van der Waals surface area contributed by atoms with E-state index in [1.54, 1.807) is 25.3 Å². The fourth-order valence-electron chi connectivity index (χ4n) is 1.78. The second-order valence-corrected chi connectivity index (χ2v) is 4.63. The number of halogens is 1. The van der Waals surface area contributed by atoms with E-state index in [0.29, 0.717) is 22.5 Å². The lowest BCUT2D eigenvalue weighted by atomic mass is 10.1. The van der Waals surface area contributed by atoms with Gasteiger partial charge in [0.25, 0.3) is 0 Å². The first-order valence-corrected chi connectivity index (χ1v) is 6.46. The molecule has 2 rings (SSSR count). The summed E-state index contributed by atoms with van der Waals surface area (Å²) in [7, 11) is 1.57. The van der Waals surface area contributed by atoms with E-state index in [1.807, 2.05) is 0 Å². The second-order valence-electron chi connectivity index (χ2n) is 4.20. The SMILES string of the molecule is CCC[C@H](N)c1nc(-c2ccc(Cl)cc2OC)no1. The number of ether oxygens (including phenoxy) is 1. The maximum atomic E-state index is 5.94. The molecule has 0 radical (unpaired) electrons. The van der Waals surface area contributed by atoms with Crippen LogP contribution in [0.1, 0.15) is 31.7 Å². The Kier molecular flexibility index (Phi) is 4.39. The highest BCUT2D eigenvalue weighted by Gasteiger charge is 2.17. The summed E-state index contributed by atoms with van der Waals surface area (Å²) >= 11 is 5.92. The van der Waals surface area contributed by atoms with Crippen LogP contribution in [0, 0.1) is 0 Å². The van der Waals surface area contributed by atoms with E-state index in [-0.39, 0.29) is 6.04 Å². The van der Waals surface area contributed by atoms with Crippen LogP contribution < -0.4 is 10.5 Å². The molecule has 0 unspecified atom stereocenters. The van der Waals surface area contributed by atoms with Crippen LogP contribution in [0.5, 0.6) is 5.75 Å². The largest absolute Gasteiger partial charge is 0.496 e. The Morgan fingerprint density at radius 1 is 1.47 bits per heavy atom. The minimum atomic E-state index is -0.232.